The average molecular weight is 480 g/mol. The predicted octanol–water partition coefficient (Wildman–Crippen LogP) is 6.38. The number of hydrogen-bond acceptors (Lipinski definition) is 2. The first-order chi connectivity index (χ1) is 14.1. The lowest BCUT2D eigenvalue weighted by atomic mass is 9.79. The highest BCUT2D eigenvalue weighted by Gasteiger charge is 2.59. The van der Waals surface area contributed by atoms with Crippen molar-refractivity contribution in [3.8, 4) is 0 Å². The number of halogens is 6. The van der Waals surface area contributed by atoms with Gasteiger partial charge < -0.3 is 10.2 Å². The molecule has 1 saturated heterocycles. The van der Waals surface area contributed by atoms with E-state index in [1.807, 2.05) is 0 Å². The van der Waals surface area contributed by atoms with Crippen LogP contribution in [0.2, 0.25) is 15.1 Å². The number of benzene rings is 2. The van der Waals surface area contributed by atoms with Gasteiger partial charge in [-0.05, 0) is 47.9 Å². The van der Waals surface area contributed by atoms with E-state index in [1.54, 1.807) is 30.0 Å². The minimum Gasteiger partial charge on any atom is -0.370 e. The smallest absolute Gasteiger partial charge is 0.370 e. The summed E-state index contributed by atoms with van der Waals surface area (Å²) in [6.45, 7) is 1.94. The molecule has 3 nitrogen and oxygen atoms in total. The van der Waals surface area contributed by atoms with Crippen LogP contribution in [-0.4, -0.2) is 25.2 Å². The number of nitrogens with zero attached hydrogens (tertiary/aromatic N) is 1. The summed E-state index contributed by atoms with van der Waals surface area (Å²) in [5.41, 5.74) is -0.739. The largest absolute Gasteiger partial charge is 0.400 e. The topological polar surface area (TPSA) is 32.3 Å². The SMILES string of the molecule is CCC(=O)NCc1ccc(N2CCC(c3cc(Cl)cc(Cl)c3)(C(F)(F)F)C2)cc1Cl. The van der Waals surface area contributed by atoms with Crippen molar-refractivity contribution in [1.29, 1.82) is 0 Å². The fraction of sp³-hybridized carbons (Fsp3) is 0.381. The molecule has 30 heavy (non-hydrogen) atoms. The molecule has 1 amide bonds. The zero-order valence-electron chi connectivity index (χ0n) is 16.1. The van der Waals surface area contributed by atoms with Gasteiger partial charge in [-0.25, -0.2) is 0 Å². The van der Waals surface area contributed by atoms with Crippen LogP contribution >= 0.6 is 34.8 Å². The molecule has 2 aromatic rings. The van der Waals surface area contributed by atoms with Gasteiger partial charge >= 0.3 is 6.18 Å². The Hall–Kier alpha value is -1.63. The Balaban J connectivity index is 1.87. The van der Waals surface area contributed by atoms with Crippen LogP contribution in [0.15, 0.2) is 36.4 Å². The first-order valence-corrected chi connectivity index (χ1v) is 10.5. The van der Waals surface area contributed by atoms with Crippen molar-refractivity contribution >= 4 is 46.4 Å². The average Bonchev–Trinajstić information content (AvgIpc) is 3.13. The lowest BCUT2D eigenvalue weighted by Gasteiger charge is -2.33. The van der Waals surface area contributed by atoms with Crippen molar-refractivity contribution in [1.82, 2.24) is 5.32 Å². The molecule has 1 aliphatic heterocycles. The molecule has 0 aliphatic carbocycles. The van der Waals surface area contributed by atoms with Crippen LogP contribution in [0.1, 0.15) is 30.9 Å². The fourth-order valence-corrected chi connectivity index (χ4v) is 4.45. The van der Waals surface area contributed by atoms with E-state index in [0.29, 0.717) is 22.7 Å². The number of carbonyl (C=O) groups excluding carboxylic acids is 1. The monoisotopic (exact) mass is 478 g/mol. The second-order valence-electron chi connectivity index (χ2n) is 7.32. The van der Waals surface area contributed by atoms with E-state index >= 15 is 0 Å². The highest BCUT2D eigenvalue weighted by atomic mass is 35.5. The standard InChI is InChI=1S/C21H20Cl3F3N2O/c1-2-19(30)28-11-13-3-4-17(10-18(13)24)29-6-5-20(12-29,21(25,26)27)14-7-15(22)9-16(23)8-14/h3-4,7-10H,2,5-6,11-12H2,1H3,(H,28,30). The first-order valence-electron chi connectivity index (χ1n) is 9.39. The normalized spacial score (nSPS) is 19.2. The van der Waals surface area contributed by atoms with Crippen molar-refractivity contribution < 1.29 is 18.0 Å². The van der Waals surface area contributed by atoms with E-state index in [-0.39, 0.29) is 47.6 Å². The molecular weight excluding hydrogens is 460 g/mol. The van der Waals surface area contributed by atoms with Gasteiger partial charge in [0.15, 0.2) is 0 Å². The van der Waals surface area contributed by atoms with Crippen molar-refractivity contribution in [3.05, 3.63) is 62.6 Å². The number of rotatable bonds is 5. The molecule has 162 valence electrons. The van der Waals surface area contributed by atoms with Crippen molar-refractivity contribution in [2.75, 3.05) is 18.0 Å². The molecule has 1 heterocycles. The minimum atomic E-state index is -4.48. The molecule has 2 aromatic carbocycles. The van der Waals surface area contributed by atoms with Gasteiger partial charge in [0.1, 0.15) is 5.41 Å². The Morgan fingerprint density at radius 1 is 1.13 bits per heavy atom. The van der Waals surface area contributed by atoms with Gasteiger partial charge in [0.05, 0.1) is 0 Å². The third kappa shape index (κ3) is 4.66. The molecule has 0 spiro atoms. The first kappa shape index (κ1) is 23.0. The zero-order valence-corrected chi connectivity index (χ0v) is 18.4. The molecule has 3 rings (SSSR count). The predicted molar refractivity (Wildman–Crippen MR) is 115 cm³/mol. The van der Waals surface area contributed by atoms with Crippen LogP contribution in [0.4, 0.5) is 18.9 Å². The molecule has 0 bridgehead atoms. The summed E-state index contributed by atoms with van der Waals surface area (Å²) >= 11 is 18.3. The van der Waals surface area contributed by atoms with E-state index in [4.69, 9.17) is 34.8 Å². The lowest BCUT2D eigenvalue weighted by molar-refractivity contribution is -0.184. The lowest BCUT2D eigenvalue weighted by Crippen LogP contribution is -2.44. The molecule has 0 saturated carbocycles. The maximum absolute atomic E-state index is 14.2. The minimum absolute atomic E-state index is 0.0556. The molecule has 9 heteroatoms. The summed E-state index contributed by atoms with van der Waals surface area (Å²) in [4.78, 5) is 13.1. The van der Waals surface area contributed by atoms with Crippen molar-refractivity contribution in [3.63, 3.8) is 0 Å². The van der Waals surface area contributed by atoms with Crippen LogP contribution in [0.25, 0.3) is 0 Å². The Morgan fingerprint density at radius 2 is 1.80 bits per heavy atom. The number of alkyl halides is 3. The quantitative estimate of drug-likeness (QED) is 0.539. The maximum atomic E-state index is 14.2. The number of carbonyl (C=O) groups is 1. The third-order valence-electron chi connectivity index (χ3n) is 5.43. The van der Waals surface area contributed by atoms with Gasteiger partial charge in [-0.3, -0.25) is 4.79 Å². The van der Waals surface area contributed by atoms with Crippen LogP contribution in [-0.2, 0) is 16.8 Å². The number of nitrogens with one attached hydrogen (secondary N) is 1. The summed E-state index contributed by atoms with van der Waals surface area (Å²) in [5.74, 6) is -0.107. The van der Waals surface area contributed by atoms with Crippen LogP contribution in [0, 0.1) is 0 Å². The van der Waals surface area contributed by atoms with Crippen molar-refractivity contribution in [2.45, 2.75) is 37.9 Å². The summed E-state index contributed by atoms with van der Waals surface area (Å²) in [5, 5.41) is 3.46. The summed E-state index contributed by atoms with van der Waals surface area (Å²) < 4.78 is 42.7. The number of anilines is 1. The fourth-order valence-electron chi connectivity index (χ4n) is 3.69. The molecule has 1 N–H and O–H groups in total. The molecule has 0 aromatic heterocycles. The summed E-state index contributed by atoms with van der Waals surface area (Å²) in [6, 6.07) is 9.15. The summed E-state index contributed by atoms with van der Waals surface area (Å²) in [6.07, 6.45) is -4.25. The van der Waals surface area contributed by atoms with Gasteiger partial charge in [-0.15, -0.1) is 0 Å². The van der Waals surface area contributed by atoms with Gasteiger partial charge in [0.2, 0.25) is 5.91 Å². The molecule has 1 atom stereocenters. The number of hydrogen-bond donors (Lipinski definition) is 1. The van der Waals surface area contributed by atoms with Gasteiger partial charge in [-0.2, -0.15) is 13.2 Å². The van der Waals surface area contributed by atoms with E-state index in [9.17, 15) is 18.0 Å². The van der Waals surface area contributed by atoms with Gasteiger partial charge in [-0.1, -0.05) is 47.8 Å². The van der Waals surface area contributed by atoms with E-state index in [2.05, 4.69) is 5.32 Å². The zero-order chi connectivity index (χ0) is 22.1. The van der Waals surface area contributed by atoms with Crippen LogP contribution in [0.5, 0.6) is 0 Å². The van der Waals surface area contributed by atoms with Gasteiger partial charge in [0.25, 0.3) is 0 Å². The second kappa shape index (κ2) is 8.85. The molecule has 0 radical (unpaired) electrons. The summed E-state index contributed by atoms with van der Waals surface area (Å²) in [7, 11) is 0. The number of amides is 1. The highest BCUT2D eigenvalue weighted by Crippen LogP contribution is 2.49. The Bertz CT molecular complexity index is 931. The van der Waals surface area contributed by atoms with Crippen molar-refractivity contribution in [2.24, 2.45) is 0 Å². The molecule has 1 aliphatic rings. The second-order valence-corrected chi connectivity index (χ2v) is 8.60. The molecule has 1 unspecified atom stereocenters. The third-order valence-corrected chi connectivity index (χ3v) is 6.21. The van der Waals surface area contributed by atoms with Gasteiger partial charge in [0, 0.05) is 46.8 Å². The molecular formula is C21H20Cl3F3N2O. The van der Waals surface area contributed by atoms with E-state index < -0.39 is 11.6 Å². The maximum Gasteiger partial charge on any atom is 0.400 e. The van der Waals surface area contributed by atoms with E-state index in [0.717, 1.165) is 0 Å². The Morgan fingerprint density at radius 3 is 2.37 bits per heavy atom. The highest BCUT2D eigenvalue weighted by molar-refractivity contribution is 6.34. The van der Waals surface area contributed by atoms with Crippen LogP contribution in [0.3, 0.4) is 0 Å². The Kier molecular flexibility index (Phi) is 6.80. The van der Waals surface area contributed by atoms with Crippen LogP contribution < -0.4 is 10.2 Å². The van der Waals surface area contributed by atoms with E-state index in [1.165, 1.54) is 18.2 Å². The Labute approximate surface area is 188 Å². The molecule has 1 fully saturated rings.